The van der Waals surface area contributed by atoms with Gasteiger partial charge in [0.2, 0.25) is 0 Å². The van der Waals surface area contributed by atoms with Crippen molar-refractivity contribution in [1.29, 1.82) is 0 Å². The Bertz CT molecular complexity index is 613. The van der Waals surface area contributed by atoms with Crippen LogP contribution in [0.1, 0.15) is 60.8 Å². The quantitative estimate of drug-likeness (QED) is 0.117. The molecule has 0 aromatic rings. The summed E-state index contributed by atoms with van der Waals surface area (Å²) >= 11 is 0. The van der Waals surface area contributed by atoms with Crippen LogP contribution in [0.2, 0.25) is 18.1 Å². The van der Waals surface area contributed by atoms with Crippen LogP contribution in [-0.2, 0) is 4.43 Å². The molecule has 4 heteroatoms. The molecule has 0 aliphatic heterocycles. The van der Waals surface area contributed by atoms with Gasteiger partial charge in [-0.3, -0.25) is 5.57 Å². The standard InChI is InChI=1S/C25H43NO2Si/c1-10-12-13-14-23(28-29(8,9)25(5,6)7)16-15-19(3)24(27)26-20(4)17-22-18-21(22)11-2/h10-15,20-23,27H,2,16-18H2,1,3-9H3/q-2/p-1/b12-10+,14-13+,24-19?/t20-,21+,22+,23?/m1/s1. The summed E-state index contributed by atoms with van der Waals surface area (Å²) in [4.78, 5) is 0. The second-order valence-electron chi connectivity index (χ2n) is 9.86. The van der Waals surface area contributed by atoms with Crippen molar-refractivity contribution in [3.8, 4) is 0 Å². The first-order valence-electron chi connectivity index (χ1n) is 10.9. The lowest BCUT2D eigenvalue weighted by molar-refractivity contribution is -0.299. The fourth-order valence-corrected chi connectivity index (χ4v) is 4.31. The molecular formula is C25H42NO2Si-3. The Morgan fingerprint density at radius 1 is 1.34 bits per heavy atom. The Hall–Kier alpha value is -1.39. The largest absolute Gasteiger partial charge is 0.972 e. The molecule has 0 aromatic carbocycles. The van der Waals surface area contributed by atoms with E-state index in [1.165, 1.54) is 6.42 Å². The summed E-state index contributed by atoms with van der Waals surface area (Å²) in [7, 11) is -1.90. The molecule has 0 saturated heterocycles. The lowest BCUT2D eigenvalue weighted by atomic mass is 10.1. The molecule has 166 valence electrons. The van der Waals surface area contributed by atoms with E-state index >= 15 is 0 Å². The molecule has 0 bridgehead atoms. The van der Waals surface area contributed by atoms with Gasteiger partial charge in [0.25, 0.3) is 0 Å². The van der Waals surface area contributed by atoms with Crippen molar-refractivity contribution in [3.05, 3.63) is 60.2 Å². The van der Waals surface area contributed by atoms with Gasteiger partial charge in [-0.15, -0.1) is 12.6 Å². The van der Waals surface area contributed by atoms with Crippen molar-refractivity contribution < 1.29 is 9.53 Å². The molecule has 0 spiro atoms. The van der Waals surface area contributed by atoms with E-state index < -0.39 is 8.32 Å². The third-order valence-corrected chi connectivity index (χ3v) is 10.6. The van der Waals surface area contributed by atoms with E-state index in [1.807, 2.05) is 51.5 Å². The van der Waals surface area contributed by atoms with Crippen LogP contribution in [0.4, 0.5) is 0 Å². The van der Waals surface area contributed by atoms with Gasteiger partial charge in [0.15, 0.2) is 8.32 Å². The predicted molar refractivity (Wildman–Crippen MR) is 127 cm³/mol. The summed E-state index contributed by atoms with van der Waals surface area (Å²) in [5.41, 5.74) is 0.705. The first kappa shape index (κ1) is 25.6. The smallest absolute Gasteiger partial charge is 0.192 e. The van der Waals surface area contributed by atoms with Gasteiger partial charge in [-0.1, -0.05) is 77.8 Å². The Kier molecular flexibility index (Phi) is 9.83. The summed E-state index contributed by atoms with van der Waals surface area (Å²) in [5.74, 6) is 1.18. The van der Waals surface area contributed by atoms with Crippen molar-refractivity contribution in [3.63, 3.8) is 0 Å². The van der Waals surface area contributed by atoms with E-state index in [1.54, 1.807) is 0 Å². The van der Waals surface area contributed by atoms with Gasteiger partial charge in [0, 0.05) is 0 Å². The second-order valence-corrected chi connectivity index (χ2v) is 14.6. The molecule has 4 atom stereocenters. The number of hydrogen-bond acceptors (Lipinski definition) is 2. The molecule has 0 N–H and O–H groups in total. The second kappa shape index (κ2) is 11.1. The van der Waals surface area contributed by atoms with Gasteiger partial charge in [-0.2, -0.15) is 0 Å². The number of hydrogen-bond donors (Lipinski definition) is 0. The van der Waals surface area contributed by atoms with E-state index in [2.05, 4.69) is 51.8 Å². The van der Waals surface area contributed by atoms with Gasteiger partial charge >= 0.3 is 0 Å². The molecule has 0 aromatic heterocycles. The maximum Gasteiger partial charge on any atom is 0.192 e. The molecule has 0 radical (unpaired) electrons. The summed E-state index contributed by atoms with van der Waals surface area (Å²) in [6.45, 7) is 21.0. The van der Waals surface area contributed by atoms with E-state index in [4.69, 9.17) is 4.43 Å². The fraction of sp³-hybridized carbons (Fsp3) is 0.640. The van der Waals surface area contributed by atoms with Crippen LogP contribution in [0, 0.1) is 18.3 Å². The van der Waals surface area contributed by atoms with E-state index in [0.717, 1.165) is 6.42 Å². The zero-order chi connectivity index (χ0) is 22.2. The van der Waals surface area contributed by atoms with Crippen molar-refractivity contribution in [2.45, 2.75) is 91.1 Å². The highest BCUT2D eigenvalue weighted by atomic mass is 28.4. The fourth-order valence-electron chi connectivity index (χ4n) is 3.02. The van der Waals surface area contributed by atoms with E-state index in [9.17, 15) is 5.11 Å². The normalized spacial score (nSPS) is 23.0. The molecule has 1 aliphatic carbocycles. The van der Waals surface area contributed by atoms with Crippen LogP contribution >= 0.6 is 0 Å². The van der Waals surface area contributed by atoms with Gasteiger partial charge in [-0.05, 0) is 43.3 Å². The van der Waals surface area contributed by atoms with Crippen LogP contribution in [-0.4, -0.2) is 20.5 Å². The average molecular weight is 417 g/mol. The molecule has 1 fully saturated rings. The molecule has 29 heavy (non-hydrogen) atoms. The molecule has 0 heterocycles. The van der Waals surface area contributed by atoms with Crippen molar-refractivity contribution in [2.75, 3.05) is 0 Å². The van der Waals surface area contributed by atoms with E-state index in [-0.39, 0.29) is 23.1 Å². The molecule has 1 rings (SSSR count). The van der Waals surface area contributed by atoms with Crippen LogP contribution in [0.5, 0.6) is 0 Å². The summed E-state index contributed by atoms with van der Waals surface area (Å²) in [5, 5.41) is 17.0. The topological polar surface area (TPSA) is 46.4 Å². The highest BCUT2D eigenvalue weighted by molar-refractivity contribution is 6.74. The Balaban J connectivity index is 2.67. The minimum atomic E-state index is -1.90. The van der Waals surface area contributed by atoms with Crippen LogP contribution < -0.4 is 5.11 Å². The zero-order valence-corrected chi connectivity index (χ0v) is 20.9. The van der Waals surface area contributed by atoms with Crippen molar-refractivity contribution in [2.24, 2.45) is 11.8 Å². The zero-order valence-electron chi connectivity index (χ0n) is 19.9. The summed E-state index contributed by atoms with van der Waals surface area (Å²) in [6, 6.07) is 0.0645. The monoisotopic (exact) mass is 416 g/mol. The molecular weight excluding hydrogens is 374 g/mol. The highest BCUT2D eigenvalue weighted by Crippen LogP contribution is 2.43. The minimum absolute atomic E-state index is 0.0351. The van der Waals surface area contributed by atoms with Crippen molar-refractivity contribution in [1.82, 2.24) is 0 Å². The van der Waals surface area contributed by atoms with Gasteiger partial charge in [0.05, 0.1) is 6.10 Å². The molecule has 0 amide bonds. The minimum Gasteiger partial charge on any atom is -0.972 e. The molecule has 1 unspecified atom stereocenters. The number of allylic oxidation sites excluding steroid dienone is 5. The first-order chi connectivity index (χ1) is 13.4. The van der Waals surface area contributed by atoms with Gasteiger partial charge in [0.1, 0.15) is 0 Å². The molecule has 1 aliphatic rings. The predicted octanol–water partition coefficient (Wildman–Crippen LogP) is 6.67. The lowest BCUT2D eigenvalue weighted by Crippen LogP contribution is -2.43. The van der Waals surface area contributed by atoms with Crippen molar-refractivity contribution >= 4 is 8.32 Å². The Labute approximate surface area is 181 Å². The van der Waals surface area contributed by atoms with Crippen LogP contribution in [0.15, 0.2) is 48.4 Å². The summed E-state index contributed by atoms with van der Waals surface area (Å²) in [6.07, 6.45) is 15.0. The Morgan fingerprint density at radius 2 is 2.00 bits per heavy atom. The lowest BCUT2D eigenvalue weighted by Gasteiger charge is -2.49. The van der Waals surface area contributed by atoms with Gasteiger partial charge in [-0.25, -0.2) is 6.42 Å². The maximum atomic E-state index is 12.5. The average Bonchev–Trinajstić information content (AvgIpc) is 3.35. The summed E-state index contributed by atoms with van der Waals surface area (Å²) < 4.78 is 6.57. The molecule has 3 nitrogen and oxygen atoms in total. The first-order valence-corrected chi connectivity index (χ1v) is 13.8. The Morgan fingerprint density at radius 3 is 2.52 bits per heavy atom. The van der Waals surface area contributed by atoms with E-state index in [0.29, 0.717) is 23.8 Å². The molecule has 1 saturated carbocycles. The maximum absolute atomic E-state index is 12.5. The third kappa shape index (κ3) is 8.87. The highest BCUT2D eigenvalue weighted by Gasteiger charge is 2.38. The number of rotatable bonds is 12. The van der Waals surface area contributed by atoms with Crippen LogP contribution in [0.3, 0.4) is 0 Å². The van der Waals surface area contributed by atoms with Gasteiger partial charge < -0.3 is 20.7 Å². The van der Waals surface area contributed by atoms with Crippen LogP contribution in [0.25, 0.3) is 5.32 Å². The SMILES string of the molecule is C=C[C@H]1C[C@@H]1C[C@@H](C)[N-]C([O-])=C(C)[CH-]CC(/C=C/C=C/C)O[Si](C)(C)C(C)(C)C. The third-order valence-electron chi connectivity index (χ3n) is 6.14. The number of nitrogens with zero attached hydrogens (tertiary/aromatic N) is 1.